The van der Waals surface area contributed by atoms with E-state index in [2.05, 4.69) is 17.4 Å². The smallest absolute Gasteiger partial charge is 0.290 e. The molecule has 0 spiro atoms. The molecule has 1 N–H and O–H groups in total. The summed E-state index contributed by atoms with van der Waals surface area (Å²) in [5, 5.41) is 3.23. The summed E-state index contributed by atoms with van der Waals surface area (Å²) in [4.78, 5) is 29.4. The average molecular weight is 419 g/mol. The average Bonchev–Trinajstić information content (AvgIpc) is 3.33. The maximum atomic E-state index is 13.4. The van der Waals surface area contributed by atoms with Gasteiger partial charge in [-0.15, -0.1) is 11.8 Å². The standard InChI is InChI=1S/C24H22N2O3S/c27-23(25-19-11-13-30-22-10-4-3-8-18(19)22)20-14-16-6-1-2-7-17(16)15-26(20)24(28)21-9-5-12-29-21/h1-10,12,19-20H,11,13-15H2,(H,25,27)/t19-,20+/m0/s1. The second-order valence-corrected chi connectivity index (χ2v) is 8.77. The summed E-state index contributed by atoms with van der Waals surface area (Å²) in [6.45, 7) is 0.394. The van der Waals surface area contributed by atoms with Crippen LogP contribution in [0.25, 0.3) is 0 Å². The molecule has 2 amide bonds. The normalized spacial score (nSPS) is 20.2. The molecule has 0 aliphatic carbocycles. The van der Waals surface area contributed by atoms with Crippen LogP contribution < -0.4 is 5.32 Å². The Labute approximate surface area is 179 Å². The van der Waals surface area contributed by atoms with Crippen LogP contribution in [0.5, 0.6) is 0 Å². The maximum absolute atomic E-state index is 13.4. The van der Waals surface area contributed by atoms with Gasteiger partial charge in [0.15, 0.2) is 5.76 Å². The molecule has 30 heavy (non-hydrogen) atoms. The van der Waals surface area contributed by atoms with Crippen LogP contribution in [-0.4, -0.2) is 28.5 Å². The second kappa shape index (κ2) is 8.03. The van der Waals surface area contributed by atoms with E-state index in [9.17, 15) is 9.59 Å². The van der Waals surface area contributed by atoms with Gasteiger partial charge in [0.1, 0.15) is 6.04 Å². The van der Waals surface area contributed by atoms with Crippen molar-refractivity contribution >= 4 is 23.6 Å². The molecule has 0 saturated heterocycles. The molecule has 0 bridgehead atoms. The molecule has 0 saturated carbocycles. The molecule has 5 nitrogen and oxygen atoms in total. The fraction of sp³-hybridized carbons (Fsp3) is 0.250. The Balaban J connectivity index is 1.43. The highest BCUT2D eigenvalue weighted by Gasteiger charge is 2.37. The highest BCUT2D eigenvalue weighted by molar-refractivity contribution is 7.99. The van der Waals surface area contributed by atoms with Crippen molar-refractivity contribution in [1.82, 2.24) is 10.2 Å². The van der Waals surface area contributed by atoms with E-state index in [0.717, 1.165) is 28.9 Å². The summed E-state index contributed by atoms with van der Waals surface area (Å²) in [5.74, 6) is 0.849. The van der Waals surface area contributed by atoms with Crippen LogP contribution in [0.15, 0.2) is 76.2 Å². The monoisotopic (exact) mass is 418 g/mol. The van der Waals surface area contributed by atoms with E-state index in [-0.39, 0.29) is 23.6 Å². The predicted octanol–water partition coefficient (Wildman–Crippen LogP) is 4.20. The Morgan fingerprint density at radius 2 is 1.80 bits per heavy atom. The number of benzene rings is 2. The molecule has 3 aromatic rings. The van der Waals surface area contributed by atoms with E-state index in [4.69, 9.17) is 4.42 Å². The second-order valence-electron chi connectivity index (χ2n) is 7.64. The molecule has 1 aromatic heterocycles. The third-order valence-electron chi connectivity index (χ3n) is 5.82. The predicted molar refractivity (Wildman–Crippen MR) is 115 cm³/mol. The van der Waals surface area contributed by atoms with Crippen molar-refractivity contribution < 1.29 is 14.0 Å². The minimum absolute atomic E-state index is 0.0346. The van der Waals surface area contributed by atoms with Gasteiger partial charge in [0.05, 0.1) is 12.3 Å². The first kappa shape index (κ1) is 19.0. The van der Waals surface area contributed by atoms with Gasteiger partial charge in [-0.1, -0.05) is 42.5 Å². The highest BCUT2D eigenvalue weighted by atomic mass is 32.2. The summed E-state index contributed by atoms with van der Waals surface area (Å²) in [6.07, 6.45) is 2.86. The van der Waals surface area contributed by atoms with E-state index in [1.165, 1.54) is 11.2 Å². The molecule has 6 heteroatoms. The van der Waals surface area contributed by atoms with E-state index in [1.807, 2.05) is 48.2 Å². The number of thioether (sulfide) groups is 1. The molecule has 152 valence electrons. The van der Waals surface area contributed by atoms with E-state index in [1.54, 1.807) is 17.0 Å². The van der Waals surface area contributed by atoms with Crippen LogP contribution in [0.4, 0.5) is 0 Å². The number of furan rings is 1. The number of hydrogen-bond acceptors (Lipinski definition) is 4. The summed E-state index contributed by atoms with van der Waals surface area (Å²) in [7, 11) is 0. The van der Waals surface area contributed by atoms with Gasteiger partial charge < -0.3 is 14.6 Å². The van der Waals surface area contributed by atoms with Crippen molar-refractivity contribution in [2.24, 2.45) is 0 Å². The largest absolute Gasteiger partial charge is 0.459 e. The van der Waals surface area contributed by atoms with E-state index >= 15 is 0 Å². The Morgan fingerprint density at radius 3 is 2.63 bits per heavy atom. The van der Waals surface area contributed by atoms with E-state index in [0.29, 0.717) is 13.0 Å². The fourth-order valence-electron chi connectivity index (χ4n) is 4.27. The number of carbonyl (C=O) groups excluding carboxylic acids is 2. The molecule has 2 aliphatic rings. The molecule has 0 radical (unpaired) electrons. The lowest BCUT2D eigenvalue weighted by Crippen LogP contribution is -2.53. The van der Waals surface area contributed by atoms with E-state index < -0.39 is 6.04 Å². The van der Waals surface area contributed by atoms with Gasteiger partial charge in [0, 0.05) is 23.6 Å². The summed E-state index contributed by atoms with van der Waals surface area (Å²) in [6, 6.07) is 18.9. The van der Waals surface area contributed by atoms with Gasteiger partial charge in [-0.2, -0.15) is 0 Å². The number of nitrogens with one attached hydrogen (secondary N) is 1. The van der Waals surface area contributed by atoms with Gasteiger partial charge in [0.25, 0.3) is 5.91 Å². The highest BCUT2D eigenvalue weighted by Crippen LogP contribution is 2.36. The summed E-state index contributed by atoms with van der Waals surface area (Å²) in [5.41, 5.74) is 3.34. The zero-order chi connectivity index (χ0) is 20.5. The van der Waals surface area contributed by atoms with Gasteiger partial charge in [-0.3, -0.25) is 9.59 Å². The first-order valence-electron chi connectivity index (χ1n) is 10.1. The van der Waals surface area contributed by atoms with Gasteiger partial charge in [-0.05, 0) is 41.3 Å². The lowest BCUT2D eigenvalue weighted by atomic mass is 9.92. The molecular weight excluding hydrogens is 396 g/mol. The lowest BCUT2D eigenvalue weighted by molar-refractivity contribution is -0.127. The minimum Gasteiger partial charge on any atom is -0.459 e. The van der Waals surface area contributed by atoms with Crippen LogP contribution in [0.2, 0.25) is 0 Å². The van der Waals surface area contributed by atoms with Crippen LogP contribution in [0.1, 0.15) is 39.7 Å². The third kappa shape index (κ3) is 3.52. The third-order valence-corrected chi connectivity index (χ3v) is 6.94. The van der Waals surface area contributed by atoms with Crippen LogP contribution in [-0.2, 0) is 17.8 Å². The molecule has 2 atom stereocenters. The Kier molecular flexibility index (Phi) is 5.09. The van der Waals surface area contributed by atoms with Crippen molar-refractivity contribution in [2.45, 2.75) is 36.4 Å². The summed E-state index contributed by atoms with van der Waals surface area (Å²) < 4.78 is 5.34. The number of amides is 2. The van der Waals surface area contributed by atoms with Crippen molar-refractivity contribution in [3.05, 3.63) is 89.4 Å². The maximum Gasteiger partial charge on any atom is 0.290 e. The number of rotatable bonds is 3. The molecule has 0 fully saturated rings. The number of carbonyl (C=O) groups is 2. The van der Waals surface area contributed by atoms with Crippen LogP contribution in [0, 0.1) is 0 Å². The molecule has 2 aromatic carbocycles. The Hall–Kier alpha value is -2.99. The molecule has 2 aliphatic heterocycles. The summed E-state index contributed by atoms with van der Waals surface area (Å²) >= 11 is 1.82. The molecule has 3 heterocycles. The zero-order valence-corrected chi connectivity index (χ0v) is 17.2. The number of nitrogens with zero attached hydrogens (tertiary/aromatic N) is 1. The fourth-order valence-corrected chi connectivity index (χ4v) is 5.40. The number of fused-ring (bicyclic) bond motifs is 2. The van der Waals surface area contributed by atoms with Crippen LogP contribution >= 0.6 is 11.8 Å². The minimum atomic E-state index is -0.570. The molecular formula is C24H22N2O3S. The van der Waals surface area contributed by atoms with Gasteiger partial charge in [0.2, 0.25) is 5.91 Å². The van der Waals surface area contributed by atoms with Gasteiger partial charge in [-0.25, -0.2) is 0 Å². The SMILES string of the molecule is O=C(N[C@H]1CCSc2ccccc21)[C@H]1Cc2ccccc2CN1C(=O)c1ccco1. The quantitative estimate of drug-likeness (QED) is 0.693. The van der Waals surface area contributed by atoms with Crippen LogP contribution in [0.3, 0.4) is 0 Å². The Morgan fingerprint density at radius 1 is 1.00 bits per heavy atom. The van der Waals surface area contributed by atoms with Gasteiger partial charge >= 0.3 is 0 Å². The van der Waals surface area contributed by atoms with Crippen molar-refractivity contribution in [1.29, 1.82) is 0 Å². The molecule has 0 unspecified atom stereocenters. The van der Waals surface area contributed by atoms with Crippen molar-refractivity contribution in [3.63, 3.8) is 0 Å². The van der Waals surface area contributed by atoms with Crippen molar-refractivity contribution in [3.8, 4) is 0 Å². The molecule has 5 rings (SSSR count). The first-order chi connectivity index (χ1) is 14.7. The first-order valence-corrected chi connectivity index (χ1v) is 11.1. The topological polar surface area (TPSA) is 62.6 Å². The zero-order valence-electron chi connectivity index (χ0n) is 16.4. The number of hydrogen-bond donors (Lipinski definition) is 1. The van der Waals surface area contributed by atoms with Crippen molar-refractivity contribution in [2.75, 3.05) is 5.75 Å². The lowest BCUT2D eigenvalue weighted by Gasteiger charge is -2.37. The Bertz CT molecular complexity index is 1080.